The molecule has 1 aromatic rings. The highest BCUT2D eigenvalue weighted by Crippen LogP contribution is 2.32. The molecule has 116 valence electrons. The molecule has 1 unspecified atom stereocenters. The van der Waals surface area contributed by atoms with Gasteiger partial charge in [0.25, 0.3) is 0 Å². The van der Waals surface area contributed by atoms with Crippen LogP contribution in [-0.4, -0.2) is 35.4 Å². The number of nitrogens with one attached hydrogen (secondary N) is 1. The molecule has 0 bridgehead atoms. The van der Waals surface area contributed by atoms with E-state index in [9.17, 15) is 4.79 Å². The van der Waals surface area contributed by atoms with Crippen LogP contribution in [0.3, 0.4) is 0 Å². The van der Waals surface area contributed by atoms with Crippen LogP contribution in [0.15, 0.2) is 18.2 Å². The van der Waals surface area contributed by atoms with E-state index in [0.29, 0.717) is 18.0 Å². The van der Waals surface area contributed by atoms with E-state index >= 15 is 0 Å². The lowest BCUT2D eigenvalue weighted by Crippen LogP contribution is -2.23. The van der Waals surface area contributed by atoms with Crippen LogP contribution in [0, 0.1) is 0 Å². The Kier molecular flexibility index (Phi) is 4.42. The van der Waals surface area contributed by atoms with Crippen LogP contribution in [0.5, 0.6) is 5.75 Å². The Balaban J connectivity index is 2.22. The summed E-state index contributed by atoms with van der Waals surface area (Å²) in [5.41, 5.74) is 0.794. The summed E-state index contributed by atoms with van der Waals surface area (Å²) in [5.74, 6) is -0.281. The Bertz CT molecular complexity index is 525. The minimum Gasteiger partial charge on any atom is -0.489 e. The summed E-state index contributed by atoms with van der Waals surface area (Å²) in [6.07, 6.45) is 0.892. The maximum atomic E-state index is 11.1. The topological polar surface area (TPSA) is 67.8 Å². The van der Waals surface area contributed by atoms with Crippen molar-refractivity contribution in [3.8, 4) is 5.75 Å². The number of hydrogen-bond donors (Lipinski definition) is 2. The third-order valence-corrected chi connectivity index (χ3v) is 3.36. The molecule has 0 aromatic heterocycles. The molecule has 1 atom stereocenters. The summed E-state index contributed by atoms with van der Waals surface area (Å²) < 4.78 is 11.5. The van der Waals surface area contributed by atoms with E-state index in [4.69, 9.17) is 14.6 Å². The van der Waals surface area contributed by atoms with Gasteiger partial charge in [0.05, 0.1) is 35.6 Å². The number of rotatable bonds is 5. The van der Waals surface area contributed by atoms with Gasteiger partial charge >= 0.3 is 5.97 Å². The lowest BCUT2D eigenvalue weighted by molar-refractivity contribution is 0.0363. The van der Waals surface area contributed by atoms with Gasteiger partial charge in [-0.05, 0) is 52.3 Å². The minimum atomic E-state index is -0.947. The van der Waals surface area contributed by atoms with Gasteiger partial charge in [0.2, 0.25) is 0 Å². The van der Waals surface area contributed by atoms with E-state index in [2.05, 4.69) is 5.32 Å². The van der Waals surface area contributed by atoms with Crippen molar-refractivity contribution in [2.24, 2.45) is 0 Å². The number of hydrogen-bond acceptors (Lipinski definition) is 4. The largest absolute Gasteiger partial charge is 0.489 e. The zero-order valence-electron chi connectivity index (χ0n) is 13.0. The lowest BCUT2D eigenvalue weighted by atomic mass is 10.0. The molecule has 1 heterocycles. The Morgan fingerprint density at radius 3 is 2.71 bits per heavy atom. The standard InChI is InChI=1S/C16H23NO4/c1-10(2)21-14-6-5-11(15(18)19)7-13(14)17-12-8-16(3,4)20-9-12/h5-7,10,12,17H,8-9H2,1-4H3,(H,18,19). The number of carbonyl (C=O) groups is 1. The number of anilines is 1. The molecule has 0 radical (unpaired) electrons. The first-order valence-corrected chi connectivity index (χ1v) is 7.21. The molecule has 0 amide bonds. The molecular weight excluding hydrogens is 270 g/mol. The highest BCUT2D eigenvalue weighted by Gasteiger charge is 2.32. The van der Waals surface area contributed by atoms with E-state index in [-0.39, 0.29) is 23.3 Å². The van der Waals surface area contributed by atoms with Crippen molar-refractivity contribution in [1.29, 1.82) is 0 Å². The minimum absolute atomic E-state index is 0.0255. The van der Waals surface area contributed by atoms with Gasteiger partial charge in [0, 0.05) is 0 Å². The normalized spacial score (nSPS) is 20.5. The second kappa shape index (κ2) is 5.93. The molecule has 1 saturated heterocycles. The van der Waals surface area contributed by atoms with E-state index in [1.54, 1.807) is 18.2 Å². The predicted molar refractivity (Wildman–Crippen MR) is 81.2 cm³/mol. The van der Waals surface area contributed by atoms with Crippen LogP contribution in [0.25, 0.3) is 0 Å². The van der Waals surface area contributed by atoms with E-state index < -0.39 is 5.97 Å². The molecule has 0 aliphatic carbocycles. The molecular formula is C16H23NO4. The lowest BCUT2D eigenvalue weighted by Gasteiger charge is -2.20. The predicted octanol–water partition coefficient (Wildman–Crippen LogP) is 3.15. The fourth-order valence-corrected chi connectivity index (χ4v) is 2.48. The van der Waals surface area contributed by atoms with Crippen molar-refractivity contribution < 1.29 is 19.4 Å². The number of benzene rings is 1. The van der Waals surface area contributed by atoms with E-state index in [1.807, 2.05) is 27.7 Å². The van der Waals surface area contributed by atoms with Crippen molar-refractivity contribution >= 4 is 11.7 Å². The van der Waals surface area contributed by atoms with Crippen molar-refractivity contribution in [3.63, 3.8) is 0 Å². The smallest absolute Gasteiger partial charge is 0.335 e. The Morgan fingerprint density at radius 1 is 1.48 bits per heavy atom. The average Bonchev–Trinajstić information content (AvgIpc) is 2.70. The Labute approximate surface area is 125 Å². The fraction of sp³-hybridized carbons (Fsp3) is 0.562. The molecule has 0 saturated carbocycles. The van der Waals surface area contributed by atoms with E-state index in [0.717, 1.165) is 6.42 Å². The van der Waals surface area contributed by atoms with Gasteiger partial charge in [-0.2, -0.15) is 0 Å². The van der Waals surface area contributed by atoms with Gasteiger partial charge in [0.1, 0.15) is 5.75 Å². The zero-order chi connectivity index (χ0) is 15.6. The first-order valence-electron chi connectivity index (χ1n) is 7.21. The second-order valence-electron chi connectivity index (χ2n) is 6.30. The fourth-order valence-electron chi connectivity index (χ4n) is 2.48. The molecule has 1 aromatic carbocycles. The van der Waals surface area contributed by atoms with Crippen LogP contribution >= 0.6 is 0 Å². The molecule has 21 heavy (non-hydrogen) atoms. The molecule has 1 fully saturated rings. The summed E-state index contributed by atoms with van der Waals surface area (Å²) in [7, 11) is 0. The molecule has 1 aliphatic heterocycles. The monoisotopic (exact) mass is 293 g/mol. The van der Waals surface area contributed by atoms with Crippen molar-refractivity contribution in [2.75, 3.05) is 11.9 Å². The summed E-state index contributed by atoms with van der Waals surface area (Å²) in [5, 5.41) is 12.5. The first kappa shape index (κ1) is 15.6. The third kappa shape index (κ3) is 4.11. The number of carboxylic acid groups (broad SMARTS) is 1. The SMILES string of the molecule is CC(C)Oc1ccc(C(=O)O)cc1NC1COC(C)(C)C1. The highest BCUT2D eigenvalue weighted by molar-refractivity contribution is 5.89. The van der Waals surface area contributed by atoms with Crippen LogP contribution in [0.1, 0.15) is 44.5 Å². The summed E-state index contributed by atoms with van der Waals surface area (Å²) in [4.78, 5) is 11.1. The van der Waals surface area contributed by atoms with E-state index in [1.165, 1.54) is 0 Å². The summed E-state index contributed by atoms with van der Waals surface area (Å²) in [6, 6.07) is 5.02. The van der Waals surface area contributed by atoms with Crippen molar-refractivity contribution in [1.82, 2.24) is 0 Å². The summed E-state index contributed by atoms with van der Waals surface area (Å²) in [6.45, 7) is 8.58. The molecule has 2 N–H and O–H groups in total. The second-order valence-corrected chi connectivity index (χ2v) is 6.30. The molecule has 0 spiro atoms. The van der Waals surface area contributed by atoms with Gasteiger partial charge in [-0.3, -0.25) is 0 Å². The highest BCUT2D eigenvalue weighted by atomic mass is 16.5. The maximum absolute atomic E-state index is 11.1. The third-order valence-electron chi connectivity index (χ3n) is 3.36. The van der Waals surface area contributed by atoms with Crippen molar-refractivity contribution in [3.05, 3.63) is 23.8 Å². The van der Waals surface area contributed by atoms with Crippen LogP contribution in [0.4, 0.5) is 5.69 Å². The number of carboxylic acids is 1. The Hall–Kier alpha value is -1.75. The van der Waals surface area contributed by atoms with Gasteiger partial charge < -0.3 is 19.9 Å². The Morgan fingerprint density at radius 2 is 2.19 bits per heavy atom. The number of aromatic carboxylic acids is 1. The zero-order valence-corrected chi connectivity index (χ0v) is 13.0. The quantitative estimate of drug-likeness (QED) is 0.873. The summed E-state index contributed by atoms with van der Waals surface area (Å²) >= 11 is 0. The molecule has 2 rings (SSSR count). The van der Waals surface area contributed by atoms with Crippen LogP contribution in [0.2, 0.25) is 0 Å². The van der Waals surface area contributed by atoms with Gasteiger partial charge in [-0.1, -0.05) is 0 Å². The van der Waals surface area contributed by atoms with Crippen LogP contribution < -0.4 is 10.1 Å². The number of ether oxygens (including phenoxy) is 2. The van der Waals surface area contributed by atoms with Crippen LogP contribution in [-0.2, 0) is 4.74 Å². The molecule has 5 heteroatoms. The van der Waals surface area contributed by atoms with Gasteiger partial charge in [0.15, 0.2) is 0 Å². The molecule has 5 nitrogen and oxygen atoms in total. The first-order chi connectivity index (χ1) is 9.77. The maximum Gasteiger partial charge on any atom is 0.335 e. The van der Waals surface area contributed by atoms with Gasteiger partial charge in [-0.25, -0.2) is 4.79 Å². The molecule has 1 aliphatic rings. The van der Waals surface area contributed by atoms with Crippen molar-refractivity contribution in [2.45, 2.75) is 51.9 Å². The van der Waals surface area contributed by atoms with Gasteiger partial charge in [-0.15, -0.1) is 0 Å². The average molecular weight is 293 g/mol.